The molecule has 0 bridgehead atoms. The smallest absolute Gasteiger partial charge is 0.422 e. The van der Waals surface area contributed by atoms with Crippen molar-refractivity contribution in [2.24, 2.45) is 10.7 Å². The van der Waals surface area contributed by atoms with Gasteiger partial charge in [-0.2, -0.15) is 13.2 Å². The molecule has 2 heterocycles. The Labute approximate surface area is 193 Å². The van der Waals surface area contributed by atoms with Gasteiger partial charge in [-0.3, -0.25) is 9.98 Å². The van der Waals surface area contributed by atoms with Crippen molar-refractivity contribution < 1.29 is 27.0 Å². The number of nitrogens with zero attached hydrogens (tertiary/aromatic N) is 2. The SMILES string of the molecule is C[C@@]1(c2cc(Nc3cccc4cc(OCC(F)(F)F)cnc34)ccc2F)COCC(N)=N1.Cl. The highest BCUT2D eigenvalue weighted by atomic mass is 35.5. The van der Waals surface area contributed by atoms with Gasteiger partial charge in [-0.25, -0.2) is 4.39 Å². The van der Waals surface area contributed by atoms with Gasteiger partial charge in [0.2, 0.25) is 0 Å². The molecule has 3 N–H and O–H groups in total. The first-order valence-electron chi connectivity index (χ1n) is 9.70. The molecule has 0 unspecified atom stereocenters. The molecule has 4 rings (SSSR count). The monoisotopic (exact) mass is 484 g/mol. The first-order valence-corrected chi connectivity index (χ1v) is 9.70. The largest absolute Gasteiger partial charge is 0.482 e. The van der Waals surface area contributed by atoms with Crippen LogP contribution in [0.15, 0.2) is 53.7 Å². The molecule has 0 saturated carbocycles. The molecule has 176 valence electrons. The van der Waals surface area contributed by atoms with Crippen LogP contribution in [0.4, 0.5) is 28.9 Å². The lowest BCUT2D eigenvalue weighted by molar-refractivity contribution is -0.153. The maximum Gasteiger partial charge on any atom is 0.422 e. The molecule has 1 aliphatic rings. The number of aliphatic imine (C=N–C) groups is 1. The number of rotatable bonds is 5. The molecular formula is C22H21ClF4N4O2. The molecule has 33 heavy (non-hydrogen) atoms. The van der Waals surface area contributed by atoms with Gasteiger partial charge in [0.15, 0.2) is 6.61 Å². The molecular weight excluding hydrogens is 464 g/mol. The fraction of sp³-hybridized carbons (Fsp3) is 0.273. The Morgan fingerprint density at radius 3 is 2.73 bits per heavy atom. The maximum absolute atomic E-state index is 14.6. The number of amidine groups is 1. The molecule has 0 saturated heterocycles. The summed E-state index contributed by atoms with van der Waals surface area (Å²) in [5.41, 5.74) is 6.83. The number of halogens is 5. The highest BCUT2D eigenvalue weighted by Crippen LogP contribution is 2.34. The summed E-state index contributed by atoms with van der Waals surface area (Å²) >= 11 is 0. The van der Waals surface area contributed by atoms with Crippen molar-refractivity contribution in [3.05, 3.63) is 60.0 Å². The zero-order chi connectivity index (χ0) is 22.9. The lowest BCUT2D eigenvalue weighted by atomic mass is 9.91. The summed E-state index contributed by atoms with van der Waals surface area (Å²) in [6.45, 7) is 0.727. The minimum Gasteiger partial charge on any atom is -0.482 e. The molecule has 11 heteroatoms. The number of anilines is 2. The van der Waals surface area contributed by atoms with Gasteiger partial charge in [-0.1, -0.05) is 12.1 Å². The molecule has 1 aromatic heterocycles. The van der Waals surface area contributed by atoms with Crippen LogP contribution < -0.4 is 15.8 Å². The van der Waals surface area contributed by atoms with E-state index in [1.54, 1.807) is 37.3 Å². The molecule has 0 aliphatic carbocycles. The molecule has 2 aromatic carbocycles. The zero-order valence-corrected chi connectivity index (χ0v) is 18.3. The van der Waals surface area contributed by atoms with E-state index in [1.807, 2.05) is 0 Å². The van der Waals surface area contributed by atoms with Crippen LogP contribution in [0, 0.1) is 5.82 Å². The second-order valence-electron chi connectivity index (χ2n) is 7.64. The average molecular weight is 485 g/mol. The van der Waals surface area contributed by atoms with Gasteiger partial charge < -0.3 is 20.5 Å². The highest BCUT2D eigenvalue weighted by molar-refractivity contribution is 5.92. The van der Waals surface area contributed by atoms with Gasteiger partial charge in [0.1, 0.15) is 29.5 Å². The van der Waals surface area contributed by atoms with E-state index in [0.29, 0.717) is 33.7 Å². The fourth-order valence-corrected chi connectivity index (χ4v) is 3.53. The molecule has 3 aromatic rings. The Bertz CT molecular complexity index is 1190. The van der Waals surface area contributed by atoms with Crippen LogP contribution in [0.1, 0.15) is 12.5 Å². The van der Waals surface area contributed by atoms with Crippen LogP contribution in [-0.4, -0.2) is 36.8 Å². The average Bonchev–Trinajstić information content (AvgIpc) is 2.73. The van der Waals surface area contributed by atoms with Crippen LogP contribution in [0.5, 0.6) is 5.75 Å². The number of fused-ring (bicyclic) bond motifs is 1. The lowest BCUT2D eigenvalue weighted by Crippen LogP contribution is -2.38. The zero-order valence-electron chi connectivity index (χ0n) is 17.4. The van der Waals surface area contributed by atoms with Gasteiger partial charge in [-0.15, -0.1) is 12.4 Å². The van der Waals surface area contributed by atoms with Gasteiger partial charge >= 0.3 is 6.18 Å². The number of nitrogens with one attached hydrogen (secondary N) is 1. The predicted molar refractivity (Wildman–Crippen MR) is 120 cm³/mol. The van der Waals surface area contributed by atoms with E-state index >= 15 is 0 Å². The summed E-state index contributed by atoms with van der Waals surface area (Å²) in [5.74, 6) is -0.141. The van der Waals surface area contributed by atoms with E-state index in [2.05, 4.69) is 15.3 Å². The Hall–Kier alpha value is -3.11. The van der Waals surface area contributed by atoms with Gasteiger partial charge in [0, 0.05) is 16.6 Å². The van der Waals surface area contributed by atoms with E-state index in [9.17, 15) is 17.6 Å². The summed E-state index contributed by atoms with van der Waals surface area (Å²) in [5, 5.41) is 3.77. The normalized spacial score (nSPS) is 18.4. The number of alkyl halides is 3. The Morgan fingerprint density at radius 1 is 1.21 bits per heavy atom. The molecule has 1 atom stereocenters. The minimum atomic E-state index is -4.44. The van der Waals surface area contributed by atoms with Gasteiger partial charge in [-0.05, 0) is 37.3 Å². The summed E-state index contributed by atoms with van der Waals surface area (Å²) in [6, 6.07) is 11.2. The van der Waals surface area contributed by atoms with Crippen molar-refractivity contribution in [2.75, 3.05) is 25.1 Å². The van der Waals surface area contributed by atoms with Crippen LogP contribution in [0.3, 0.4) is 0 Å². The number of ether oxygens (including phenoxy) is 2. The van der Waals surface area contributed by atoms with Crippen LogP contribution in [0.25, 0.3) is 10.9 Å². The predicted octanol–water partition coefficient (Wildman–Crippen LogP) is 5.08. The van der Waals surface area contributed by atoms with Crippen molar-refractivity contribution in [1.82, 2.24) is 4.98 Å². The van der Waals surface area contributed by atoms with Crippen molar-refractivity contribution in [3.8, 4) is 5.75 Å². The van der Waals surface area contributed by atoms with Crippen molar-refractivity contribution >= 4 is 40.5 Å². The molecule has 6 nitrogen and oxygen atoms in total. The Morgan fingerprint density at radius 2 is 2.00 bits per heavy atom. The van der Waals surface area contributed by atoms with E-state index < -0.39 is 24.1 Å². The quantitative estimate of drug-likeness (QED) is 0.493. The molecule has 0 spiro atoms. The number of para-hydroxylation sites is 1. The van der Waals surface area contributed by atoms with Crippen LogP contribution in [0.2, 0.25) is 0 Å². The third kappa shape index (κ3) is 5.63. The summed E-state index contributed by atoms with van der Waals surface area (Å²) in [6.07, 6.45) is -3.21. The van der Waals surface area contributed by atoms with Gasteiger partial charge in [0.05, 0.1) is 24.0 Å². The summed E-state index contributed by atoms with van der Waals surface area (Å²) < 4.78 is 62.0. The summed E-state index contributed by atoms with van der Waals surface area (Å²) in [7, 11) is 0. The maximum atomic E-state index is 14.6. The summed E-state index contributed by atoms with van der Waals surface area (Å²) in [4.78, 5) is 8.63. The topological polar surface area (TPSA) is 81.8 Å². The third-order valence-corrected chi connectivity index (χ3v) is 4.94. The number of hydrogen-bond donors (Lipinski definition) is 2. The number of hydrogen-bond acceptors (Lipinski definition) is 6. The standard InChI is InChI=1S/C22H20F4N4O2.ClH/c1-21(11-31-10-19(27)30-21)16-8-14(5-6-17(16)23)29-18-4-2-3-13-7-15(9-28-20(13)18)32-12-22(24,25)26;/h2-9,29H,10-12H2,1H3,(H2,27,30);1H/t21-;/m0./s1. The molecule has 1 aliphatic heterocycles. The molecule has 0 amide bonds. The second-order valence-corrected chi connectivity index (χ2v) is 7.64. The number of pyridine rings is 1. The number of nitrogens with two attached hydrogens (primary N) is 1. The van der Waals surface area contributed by atoms with Crippen LogP contribution in [-0.2, 0) is 10.3 Å². The first kappa shape index (κ1) is 24.5. The van der Waals surface area contributed by atoms with Crippen LogP contribution >= 0.6 is 12.4 Å². The van der Waals surface area contributed by atoms with E-state index in [4.69, 9.17) is 15.2 Å². The lowest BCUT2D eigenvalue weighted by Gasteiger charge is -2.30. The first-order chi connectivity index (χ1) is 15.1. The Balaban J connectivity index is 0.00000306. The van der Waals surface area contributed by atoms with Crippen molar-refractivity contribution in [3.63, 3.8) is 0 Å². The van der Waals surface area contributed by atoms with E-state index in [-0.39, 0.29) is 31.4 Å². The number of benzene rings is 2. The van der Waals surface area contributed by atoms with Crippen molar-refractivity contribution in [1.29, 1.82) is 0 Å². The van der Waals surface area contributed by atoms with E-state index in [0.717, 1.165) is 0 Å². The minimum absolute atomic E-state index is 0. The molecule has 0 fully saturated rings. The molecule has 0 radical (unpaired) electrons. The van der Waals surface area contributed by atoms with Gasteiger partial charge in [0.25, 0.3) is 0 Å². The number of aromatic nitrogens is 1. The Kier molecular flexibility index (Phi) is 6.99. The fourth-order valence-electron chi connectivity index (χ4n) is 3.53. The van der Waals surface area contributed by atoms with Crippen molar-refractivity contribution in [2.45, 2.75) is 18.6 Å². The second kappa shape index (κ2) is 9.40. The third-order valence-electron chi connectivity index (χ3n) is 4.94. The van der Waals surface area contributed by atoms with E-state index in [1.165, 1.54) is 18.3 Å². The highest BCUT2D eigenvalue weighted by Gasteiger charge is 2.33.